The van der Waals surface area contributed by atoms with Crippen LogP contribution in [0.2, 0.25) is 0 Å². The van der Waals surface area contributed by atoms with E-state index in [1.807, 2.05) is 12.1 Å². The SMILES string of the molecule is COc1ccc(CC(=O)N2CCN(C(=O)C3CC(c4ccc(F)cc4)NN3)CC2)cc1OC. The summed E-state index contributed by atoms with van der Waals surface area (Å²) in [7, 11) is 3.14. The fourth-order valence-corrected chi connectivity index (χ4v) is 4.31. The van der Waals surface area contributed by atoms with Crippen molar-refractivity contribution in [3.05, 3.63) is 59.4 Å². The van der Waals surface area contributed by atoms with Crippen LogP contribution in [-0.4, -0.2) is 68.1 Å². The maximum absolute atomic E-state index is 13.2. The molecule has 2 aromatic carbocycles. The Morgan fingerprint density at radius 3 is 2.27 bits per heavy atom. The van der Waals surface area contributed by atoms with E-state index in [9.17, 15) is 14.0 Å². The first-order valence-electron chi connectivity index (χ1n) is 11.0. The van der Waals surface area contributed by atoms with Crippen LogP contribution >= 0.6 is 0 Å². The number of nitrogens with one attached hydrogen (secondary N) is 2. The van der Waals surface area contributed by atoms with Crippen molar-refractivity contribution in [1.29, 1.82) is 0 Å². The molecule has 0 spiro atoms. The molecule has 2 aromatic rings. The monoisotopic (exact) mass is 456 g/mol. The van der Waals surface area contributed by atoms with Crippen LogP contribution in [0.25, 0.3) is 0 Å². The second kappa shape index (κ2) is 10.2. The second-order valence-corrected chi connectivity index (χ2v) is 8.25. The number of nitrogens with zero attached hydrogens (tertiary/aromatic N) is 2. The lowest BCUT2D eigenvalue weighted by Gasteiger charge is -2.36. The predicted octanol–water partition coefficient (Wildman–Crippen LogP) is 1.66. The third-order valence-electron chi connectivity index (χ3n) is 6.22. The Labute approximate surface area is 192 Å². The summed E-state index contributed by atoms with van der Waals surface area (Å²) in [5.74, 6) is 0.966. The number of amides is 2. The van der Waals surface area contributed by atoms with Gasteiger partial charge in [0.2, 0.25) is 11.8 Å². The zero-order valence-corrected chi connectivity index (χ0v) is 18.8. The van der Waals surface area contributed by atoms with E-state index in [1.54, 1.807) is 42.2 Å². The Kier molecular flexibility index (Phi) is 7.10. The lowest BCUT2D eigenvalue weighted by Crippen LogP contribution is -2.54. The highest BCUT2D eigenvalue weighted by atomic mass is 19.1. The summed E-state index contributed by atoms with van der Waals surface area (Å²) in [5.41, 5.74) is 7.98. The highest BCUT2D eigenvalue weighted by molar-refractivity contribution is 5.83. The maximum atomic E-state index is 13.2. The van der Waals surface area contributed by atoms with Gasteiger partial charge in [0.15, 0.2) is 11.5 Å². The van der Waals surface area contributed by atoms with Crippen LogP contribution < -0.4 is 20.3 Å². The number of hydrogen-bond donors (Lipinski definition) is 2. The highest BCUT2D eigenvalue weighted by Crippen LogP contribution is 2.28. The molecule has 2 aliphatic rings. The largest absolute Gasteiger partial charge is 0.493 e. The predicted molar refractivity (Wildman–Crippen MR) is 120 cm³/mol. The molecule has 2 unspecified atom stereocenters. The van der Waals surface area contributed by atoms with Gasteiger partial charge in [0.05, 0.1) is 20.6 Å². The van der Waals surface area contributed by atoms with Crippen LogP contribution in [0, 0.1) is 5.82 Å². The van der Waals surface area contributed by atoms with E-state index in [2.05, 4.69) is 10.9 Å². The molecule has 9 heteroatoms. The molecular weight excluding hydrogens is 427 g/mol. The molecule has 2 amide bonds. The Hall–Kier alpha value is -3.17. The lowest BCUT2D eigenvalue weighted by atomic mass is 10.0. The average molecular weight is 457 g/mol. The Bertz CT molecular complexity index is 992. The van der Waals surface area contributed by atoms with Crippen LogP contribution in [0.4, 0.5) is 4.39 Å². The number of piperazine rings is 1. The van der Waals surface area contributed by atoms with Gasteiger partial charge < -0.3 is 19.3 Å². The maximum Gasteiger partial charge on any atom is 0.241 e. The van der Waals surface area contributed by atoms with E-state index in [1.165, 1.54) is 12.1 Å². The molecule has 0 bridgehead atoms. The molecule has 2 atom stereocenters. The second-order valence-electron chi connectivity index (χ2n) is 8.25. The Balaban J connectivity index is 1.27. The van der Waals surface area contributed by atoms with Crippen LogP contribution in [-0.2, 0) is 16.0 Å². The summed E-state index contributed by atoms with van der Waals surface area (Å²) in [5, 5.41) is 0. The number of hydrazine groups is 1. The summed E-state index contributed by atoms with van der Waals surface area (Å²) in [6, 6.07) is 11.4. The highest BCUT2D eigenvalue weighted by Gasteiger charge is 2.34. The molecule has 0 saturated carbocycles. The van der Waals surface area contributed by atoms with E-state index >= 15 is 0 Å². The summed E-state index contributed by atoms with van der Waals surface area (Å²) in [6.45, 7) is 1.99. The van der Waals surface area contributed by atoms with Gasteiger partial charge in [0, 0.05) is 32.2 Å². The quantitative estimate of drug-likeness (QED) is 0.688. The topological polar surface area (TPSA) is 83.1 Å². The van der Waals surface area contributed by atoms with Crippen molar-refractivity contribution in [3.63, 3.8) is 0 Å². The first-order valence-corrected chi connectivity index (χ1v) is 11.0. The van der Waals surface area contributed by atoms with Crippen LogP contribution in [0.15, 0.2) is 42.5 Å². The van der Waals surface area contributed by atoms with Crippen molar-refractivity contribution in [2.45, 2.75) is 24.9 Å². The van der Waals surface area contributed by atoms with Gasteiger partial charge >= 0.3 is 0 Å². The number of halogens is 1. The molecule has 2 aliphatic heterocycles. The number of ether oxygens (including phenoxy) is 2. The third kappa shape index (κ3) is 5.26. The first kappa shape index (κ1) is 23.0. The smallest absolute Gasteiger partial charge is 0.241 e. The molecule has 33 heavy (non-hydrogen) atoms. The zero-order valence-electron chi connectivity index (χ0n) is 18.8. The number of hydrogen-bond acceptors (Lipinski definition) is 6. The number of rotatable bonds is 6. The number of carbonyl (C=O) groups is 2. The molecule has 4 rings (SSSR count). The number of methoxy groups -OCH3 is 2. The summed E-state index contributed by atoms with van der Waals surface area (Å²) in [4.78, 5) is 29.3. The number of benzene rings is 2. The van der Waals surface area contributed by atoms with Gasteiger partial charge in [0.1, 0.15) is 11.9 Å². The van der Waals surface area contributed by atoms with Gasteiger partial charge in [-0.05, 0) is 41.8 Å². The third-order valence-corrected chi connectivity index (χ3v) is 6.22. The van der Waals surface area contributed by atoms with Gasteiger partial charge in [-0.1, -0.05) is 18.2 Å². The van der Waals surface area contributed by atoms with Crippen molar-refractivity contribution in [3.8, 4) is 11.5 Å². The van der Waals surface area contributed by atoms with Gasteiger partial charge in [-0.15, -0.1) is 0 Å². The molecule has 176 valence electrons. The fourth-order valence-electron chi connectivity index (χ4n) is 4.31. The van der Waals surface area contributed by atoms with E-state index < -0.39 is 0 Å². The van der Waals surface area contributed by atoms with E-state index in [0.717, 1.165) is 11.1 Å². The summed E-state index contributed by atoms with van der Waals surface area (Å²) in [6.07, 6.45) is 0.852. The standard InChI is InChI=1S/C24H29FN4O4/c1-32-21-8-3-16(13-22(21)33-2)14-23(30)28-9-11-29(12-10-28)24(31)20-15-19(26-27-20)17-4-6-18(25)7-5-17/h3-8,13,19-20,26-27H,9-12,14-15H2,1-2H3. The van der Waals surface area contributed by atoms with Gasteiger partial charge in [-0.3, -0.25) is 9.59 Å². The molecule has 0 radical (unpaired) electrons. The first-order chi connectivity index (χ1) is 16.0. The fraction of sp³-hybridized carbons (Fsp3) is 0.417. The Morgan fingerprint density at radius 2 is 1.61 bits per heavy atom. The van der Waals surface area contributed by atoms with Crippen molar-refractivity contribution >= 4 is 11.8 Å². The molecular formula is C24H29FN4O4. The molecule has 2 N–H and O–H groups in total. The summed E-state index contributed by atoms with van der Waals surface area (Å²) < 4.78 is 23.7. The van der Waals surface area contributed by atoms with Crippen molar-refractivity contribution in [2.24, 2.45) is 0 Å². The normalized spacial score (nSPS) is 20.6. The molecule has 2 fully saturated rings. The van der Waals surface area contributed by atoms with Crippen LogP contribution in [0.3, 0.4) is 0 Å². The summed E-state index contributed by atoms with van der Waals surface area (Å²) >= 11 is 0. The lowest BCUT2D eigenvalue weighted by molar-refractivity contribution is -0.140. The van der Waals surface area contributed by atoms with Crippen LogP contribution in [0.1, 0.15) is 23.6 Å². The minimum Gasteiger partial charge on any atom is -0.493 e. The Morgan fingerprint density at radius 1 is 0.939 bits per heavy atom. The molecule has 8 nitrogen and oxygen atoms in total. The van der Waals surface area contributed by atoms with Crippen LogP contribution in [0.5, 0.6) is 11.5 Å². The molecule has 2 saturated heterocycles. The van der Waals surface area contributed by atoms with Crippen molar-refractivity contribution in [1.82, 2.24) is 20.7 Å². The van der Waals surface area contributed by atoms with Gasteiger partial charge in [-0.25, -0.2) is 15.2 Å². The molecule has 0 aromatic heterocycles. The molecule has 2 heterocycles. The minimum atomic E-state index is -0.353. The van der Waals surface area contributed by atoms with Crippen molar-refractivity contribution < 1.29 is 23.5 Å². The minimum absolute atomic E-state index is 0.0131. The van der Waals surface area contributed by atoms with E-state index in [4.69, 9.17) is 9.47 Å². The van der Waals surface area contributed by atoms with Gasteiger partial charge in [0.25, 0.3) is 0 Å². The molecule has 0 aliphatic carbocycles. The van der Waals surface area contributed by atoms with Crippen molar-refractivity contribution in [2.75, 3.05) is 40.4 Å². The van der Waals surface area contributed by atoms with E-state index in [0.29, 0.717) is 44.1 Å². The van der Waals surface area contributed by atoms with E-state index in [-0.39, 0.29) is 36.1 Å². The number of carbonyl (C=O) groups excluding carboxylic acids is 2. The average Bonchev–Trinajstić information content (AvgIpc) is 3.34. The van der Waals surface area contributed by atoms with Gasteiger partial charge in [-0.2, -0.15) is 0 Å². The zero-order chi connectivity index (χ0) is 23.4.